The molecule has 1 N–H and O–H groups in total. The Balaban J connectivity index is 1.99. The molecule has 0 saturated carbocycles. The van der Waals surface area contributed by atoms with Gasteiger partial charge < -0.3 is 9.84 Å². The van der Waals surface area contributed by atoms with Crippen molar-refractivity contribution in [2.75, 3.05) is 6.61 Å². The maximum absolute atomic E-state index is 12.1. The van der Waals surface area contributed by atoms with E-state index in [1.807, 2.05) is 54.6 Å². The van der Waals surface area contributed by atoms with Crippen LogP contribution in [0.4, 0.5) is 0 Å². The quantitative estimate of drug-likeness (QED) is 0.687. The van der Waals surface area contributed by atoms with Gasteiger partial charge in [0.25, 0.3) is 0 Å². The first-order valence-electron chi connectivity index (χ1n) is 8.60. The highest BCUT2D eigenvalue weighted by Gasteiger charge is 2.23. The van der Waals surface area contributed by atoms with E-state index in [4.69, 9.17) is 4.74 Å². The van der Waals surface area contributed by atoms with E-state index in [0.29, 0.717) is 5.56 Å². The molecule has 0 amide bonds. The number of fused-ring (bicyclic) bond motifs is 1. The Kier molecular flexibility index (Phi) is 5.46. The third-order valence-corrected chi connectivity index (χ3v) is 4.37. The maximum Gasteiger partial charge on any atom is 0.339 e. The van der Waals surface area contributed by atoms with E-state index in [0.717, 1.165) is 29.2 Å². The fourth-order valence-corrected chi connectivity index (χ4v) is 3.14. The predicted molar refractivity (Wildman–Crippen MR) is 99.4 cm³/mol. The zero-order chi connectivity index (χ0) is 17.6. The second-order valence-electron chi connectivity index (χ2n) is 6.00. The minimum atomic E-state index is -1.27. The first-order chi connectivity index (χ1) is 12.2. The molecule has 0 aromatic heterocycles. The summed E-state index contributed by atoms with van der Waals surface area (Å²) in [6.07, 6.45) is 0.333. The van der Waals surface area contributed by atoms with Gasteiger partial charge in [-0.2, -0.15) is 0 Å². The largest absolute Gasteiger partial charge is 0.464 e. The molecular weight excluding hydrogens is 312 g/mol. The zero-order valence-corrected chi connectivity index (χ0v) is 14.3. The zero-order valence-electron chi connectivity index (χ0n) is 14.3. The molecule has 0 aliphatic heterocycles. The van der Waals surface area contributed by atoms with Crippen LogP contribution in [-0.2, 0) is 22.4 Å². The van der Waals surface area contributed by atoms with Crippen LogP contribution in [0.15, 0.2) is 66.7 Å². The first kappa shape index (κ1) is 17.2. The van der Waals surface area contributed by atoms with Gasteiger partial charge in [0.1, 0.15) is 0 Å². The number of hydrogen-bond donors (Lipinski definition) is 1. The lowest BCUT2D eigenvalue weighted by atomic mass is 9.91. The molecule has 0 fully saturated rings. The van der Waals surface area contributed by atoms with E-state index in [1.54, 1.807) is 6.92 Å². The Hall–Kier alpha value is -2.65. The van der Waals surface area contributed by atoms with Crippen molar-refractivity contribution in [1.82, 2.24) is 0 Å². The molecule has 3 aromatic carbocycles. The number of carbonyl (C=O) groups excluding carboxylic acids is 1. The molecule has 3 aromatic rings. The fourth-order valence-electron chi connectivity index (χ4n) is 3.14. The van der Waals surface area contributed by atoms with Crippen molar-refractivity contribution in [2.45, 2.75) is 25.9 Å². The second-order valence-corrected chi connectivity index (χ2v) is 6.00. The van der Waals surface area contributed by atoms with Crippen molar-refractivity contribution in [3.8, 4) is 0 Å². The van der Waals surface area contributed by atoms with Crippen molar-refractivity contribution in [1.29, 1.82) is 0 Å². The van der Waals surface area contributed by atoms with Crippen molar-refractivity contribution in [2.24, 2.45) is 0 Å². The molecule has 3 rings (SSSR count). The Morgan fingerprint density at radius 1 is 0.960 bits per heavy atom. The SMILES string of the molecule is CCOC(=O)C(O)c1c(CCc2ccccc2)ccc2ccccc12. The summed E-state index contributed by atoms with van der Waals surface area (Å²) in [5.74, 6) is -0.597. The van der Waals surface area contributed by atoms with E-state index >= 15 is 0 Å². The standard InChI is InChI=1S/C22H22O3/c1-2-25-22(24)21(23)20-18(13-12-16-8-4-3-5-9-16)15-14-17-10-6-7-11-19(17)20/h3-11,14-15,21,23H,2,12-13H2,1H3. The Morgan fingerprint density at radius 2 is 1.68 bits per heavy atom. The van der Waals surface area contributed by atoms with E-state index in [1.165, 1.54) is 5.56 Å². The highest BCUT2D eigenvalue weighted by Crippen LogP contribution is 2.30. The molecular formula is C22H22O3. The molecule has 0 aliphatic carbocycles. The van der Waals surface area contributed by atoms with Crippen LogP contribution in [-0.4, -0.2) is 17.7 Å². The van der Waals surface area contributed by atoms with E-state index < -0.39 is 12.1 Å². The number of aliphatic hydroxyl groups excluding tert-OH is 1. The van der Waals surface area contributed by atoms with E-state index in [9.17, 15) is 9.90 Å². The number of carbonyl (C=O) groups is 1. The summed E-state index contributed by atoms with van der Waals surface area (Å²) in [4.78, 5) is 12.1. The number of esters is 1. The number of aryl methyl sites for hydroxylation is 2. The topological polar surface area (TPSA) is 46.5 Å². The van der Waals surface area contributed by atoms with Gasteiger partial charge in [0.2, 0.25) is 0 Å². The summed E-state index contributed by atoms with van der Waals surface area (Å²) in [6.45, 7) is 1.99. The Labute approximate surface area is 147 Å². The summed E-state index contributed by atoms with van der Waals surface area (Å²) >= 11 is 0. The predicted octanol–water partition coefficient (Wildman–Crippen LogP) is 4.22. The second kappa shape index (κ2) is 7.95. The number of rotatable bonds is 6. The average molecular weight is 334 g/mol. The van der Waals surface area contributed by atoms with E-state index in [2.05, 4.69) is 12.1 Å². The minimum absolute atomic E-state index is 0.250. The van der Waals surface area contributed by atoms with Crippen LogP contribution >= 0.6 is 0 Å². The molecule has 0 radical (unpaired) electrons. The summed E-state index contributed by atoms with van der Waals surface area (Å²) in [5, 5.41) is 12.5. The van der Waals surface area contributed by atoms with Crippen molar-refractivity contribution >= 4 is 16.7 Å². The van der Waals surface area contributed by atoms with Crippen LogP contribution in [0.3, 0.4) is 0 Å². The third-order valence-electron chi connectivity index (χ3n) is 4.37. The summed E-state index contributed by atoms with van der Waals surface area (Å²) in [7, 11) is 0. The Bertz CT molecular complexity index is 856. The number of ether oxygens (including phenoxy) is 1. The molecule has 3 nitrogen and oxygen atoms in total. The highest BCUT2D eigenvalue weighted by atomic mass is 16.5. The van der Waals surface area contributed by atoms with Crippen LogP contribution in [0.2, 0.25) is 0 Å². The lowest BCUT2D eigenvalue weighted by Gasteiger charge is -2.17. The lowest BCUT2D eigenvalue weighted by Crippen LogP contribution is -2.17. The monoisotopic (exact) mass is 334 g/mol. The summed E-state index contributed by atoms with van der Waals surface area (Å²) in [5.41, 5.74) is 2.86. The number of aliphatic hydroxyl groups is 1. The number of hydrogen-bond acceptors (Lipinski definition) is 3. The summed E-state index contributed by atoms with van der Waals surface area (Å²) in [6, 6.07) is 22.0. The van der Waals surface area contributed by atoms with Gasteiger partial charge in [0.15, 0.2) is 6.10 Å². The fraction of sp³-hybridized carbons (Fsp3) is 0.227. The molecule has 0 heterocycles. The highest BCUT2D eigenvalue weighted by molar-refractivity contribution is 5.91. The molecule has 0 saturated heterocycles. The van der Waals surface area contributed by atoms with Gasteiger partial charge in [-0.25, -0.2) is 4.79 Å². The van der Waals surface area contributed by atoms with Crippen molar-refractivity contribution in [3.05, 3.63) is 83.4 Å². The van der Waals surface area contributed by atoms with Gasteiger partial charge in [-0.05, 0) is 41.7 Å². The molecule has 3 heteroatoms. The van der Waals surface area contributed by atoms with Crippen LogP contribution in [0.1, 0.15) is 29.7 Å². The van der Waals surface area contributed by atoms with Gasteiger partial charge >= 0.3 is 5.97 Å². The molecule has 128 valence electrons. The molecule has 1 unspecified atom stereocenters. The van der Waals surface area contributed by atoms with Gasteiger partial charge in [-0.3, -0.25) is 0 Å². The lowest BCUT2D eigenvalue weighted by molar-refractivity contribution is -0.153. The molecule has 25 heavy (non-hydrogen) atoms. The molecule has 1 atom stereocenters. The third kappa shape index (κ3) is 3.89. The van der Waals surface area contributed by atoms with Crippen molar-refractivity contribution < 1.29 is 14.6 Å². The number of benzene rings is 3. The smallest absolute Gasteiger partial charge is 0.339 e. The molecule has 0 spiro atoms. The van der Waals surface area contributed by atoms with Crippen LogP contribution in [0, 0.1) is 0 Å². The van der Waals surface area contributed by atoms with Crippen LogP contribution < -0.4 is 0 Å². The summed E-state index contributed by atoms with van der Waals surface area (Å²) < 4.78 is 5.04. The molecule has 0 aliphatic rings. The van der Waals surface area contributed by atoms with Crippen LogP contribution in [0.5, 0.6) is 0 Å². The van der Waals surface area contributed by atoms with Crippen molar-refractivity contribution in [3.63, 3.8) is 0 Å². The molecule has 0 bridgehead atoms. The minimum Gasteiger partial charge on any atom is -0.464 e. The normalized spacial score (nSPS) is 12.1. The van der Waals surface area contributed by atoms with Crippen LogP contribution in [0.25, 0.3) is 10.8 Å². The maximum atomic E-state index is 12.1. The average Bonchev–Trinajstić information content (AvgIpc) is 2.66. The van der Waals surface area contributed by atoms with Gasteiger partial charge in [0, 0.05) is 5.56 Å². The van der Waals surface area contributed by atoms with Gasteiger partial charge in [0.05, 0.1) is 6.61 Å². The van der Waals surface area contributed by atoms with Gasteiger partial charge in [-0.15, -0.1) is 0 Å². The van der Waals surface area contributed by atoms with E-state index in [-0.39, 0.29) is 6.61 Å². The Morgan fingerprint density at radius 3 is 2.44 bits per heavy atom. The van der Waals surface area contributed by atoms with Gasteiger partial charge in [-0.1, -0.05) is 66.7 Å². The first-order valence-corrected chi connectivity index (χ1v) is 8.60.